The second-order valence-electron chi connectivity index (χ2n) is 6.39. The van der Waals surface area contributed by atoms with Gasteiger partial charge in [-0.05, 0) is 51.2 Å². The predicted octanol–water partition coefficient (Wildman–Crippen LogP) is 1.89. The smallest absolute Gasteiger partial charge is 0.112 e. The van der Waals surface area contributed by atoms with Gasteiger partial charge in [0.2, 0.25) is 0 Å². The number of aromatic nitrogens is 1. The lowest BCUT2D eigenvalue weighted by atomic mass is 10.1. The molecule has 130 valence electrons. The molecule has 0 spiro atoms. The number of rotatable bonds is 4. The van der Waals surface area contributed by atoms with Crippen molar-refractivity contribution in [3.05, 3.63) is 21.7 Å². The van der Waals surface area contributed by atoms with Crippen LogP contribution in [0.2, 0.25) is 0 Å². The highest BCUT2D eigenvalue weighted by Crippen LogP contribution is 2.30. The molecule has 0 amide bonds. The van der Waals surface area contributed by atoms with Gasteiger partial charge in [0.25, 0.3) is 0 Å². The maximum atomic E-state index is 6.40. The summed E-state index contributed by atoms with van der Waals surface area (Å²) in [6.45, 7) is 2.08. The van der Waals surface area contributed by atoms with Crippen LogP contribution in [0.25, 0.3) is 6.08 Å². The molecule has 0 saturated carbocycles. The Bertz CT molecular complexity index is 715. The summed E-state index contributed by atoms with van der Waals surface area (Å²) in [6, 6.07) is 0.239. The highest BCUT2D eigenvalue weighted by molar-refractivity contribution is 7.96. The minimum Gasteiger partial charge on any atom is -0.387 e. The van der Waals surface area contributed by atoms with Crippen molar-refractivity contribution < 1.29 is 0 Å². The number of hydrogen-bond donors (Lipinski definition) is 2. The van der Waals surface area contributed by atoms with Crippen LogP contribution in [0.4, 0.5) is 0 Å². The van der Waals surface area contributed by atoms with Crippen molar-refractivity contribution in [1.29, 1.82) is 0 Å². The Labute approximate surface area is 151 Å². The monoisotopic (exact) mass is 363 g/mol. The fourth-order valence-corrected chi connectivity index (χ4v) is 4.91. The van der Waals surface area contributed by atoms with Gasteiger partial charge in [0, 0.05) is 11.4 Å². The number of nitrogens with two attached hydrogens (primary N) is 2. The maximum Gasteiger partial charge on any atom is 0.112 e. The van der Waals surface area contributed by atoms with Gasteiger partial charge in [0.05, 0.1) is 16.7 Å². The van der Waals surface area contributed by atoms with Crippen LogP contribution >= 0.6 is 22.3 Å². The number of nitrogens with zero attached hydrogens (tertiary/aromatic N) is 3. The fourth-order valence-electron chi connectivity index (χ4n) is 3.23. The van der Waals surface area contributed by atoms with Crippen molar-refractivity contribution in [1.82, 2.24) is 9.88 Å². The van der Waals surface area contributed by atoms with E-state index in [9.17, 15) is 0 Å². The number of aryl methyl sites for hydroxylation is 1. The summed E-state index contributed by atoms with van der Waals surface area (Å²) in [5, 5.41) is 0.936. The van der Waals surface area contributed by atoms with Gasteiger partial charge in [0.15, 0.2) is 0 Å². The van der Waals surface area contributed by atoms with Crippen LogP contribution in [0.3, 0.4) is 0 Å². The fraction of sp³-hybridized carbons (Fsp3) is 0.529. The van der Waals surface area contributed by atoms with E-state index in [0.717, 1.165) is 49.5 Å². The lowest BCUT2D eigenvalue weighted by Gasteiger charge is -2.28. The van der Waals surface area contributed by atoms with Crippen molar-refractivity contribution in [3.63, 3.8) is 0 Å². The van der Waals surface area contributed by atoms with Crippen LogP contribution < -0.4 is 11.5 Å². The first-order valence-corrected chi connectivity index (χ1v) is 10.1. The van der Waals surface area contributed by atoms with Gasteiger partial charge in [-0.2, -0.15) is 0 Å². The Hall–Kier alpha value is -1.28. The quantitative estimate of drug-likeness (QED) is 0.486. The van der Waals surface area contributed by atoms with E-state index < -0.39 is 0 Å². The van der Waals surface area contributed by atoms with Crippen LogP contribution in [0.15, 0.2) is 11.1 Å². The van der Waals surface area contributed by atoms with Gasteiger partial charge in [-0.1, -0.05) is 6.08 Å². The Balaban J connectivity index is 1.90. The molecule has 0 bridgehead atoms. The largest absolute Gasteiger partial charge is 0.387 e. The molecule has 0 aromatic carbocycles. The summed E-state index contributed by atoms with van der Waals surface area (Å²) < 4.78 is 0. The van der Waals surface area contributed by atoms with Crippen molar-refractivity contribution in [3.8, 4) is 0 Å². The maximum absolute atomic E-state index is 6.40. The zero-order chi connectivity index (χ0) is 17.1. The van der Waals surface area contributed by atoms with Gasteiger partial charge in [-0.15, -0.1) is 22.3 Å². The van der Waals surface area contributed by atoms with E-state index in [1.807, 2.05) is 0 Å². The predicted molar refractivity (Wildman–Crippen MR) is 108 cm³/mol. The van der Waals surface area contributed by atoms with E-state index in [1.54, 1.807) is 11.3 Å². The van der Waals surface area contributed by atoms with Crippen LogP contribution in [0.1, 0.15) is 40.8 Å². The van der Waals surface area contributed by atoms with Crippen molar-refractivity contribution in [2.45, 2.75) is 37.6 Å². The second-order valence-corrected chi connectivity index (χ2v) is 8.27. The van der Waals surface area contributed by atoms with Crippen molar-refractivity contribution in [2.24, 2.45) is 16.5 Å². The zero-order valence-corrected chi connectivity index (χ0v) is 15.7. The average Bonchev–Trinajstić information content (AvgIpc) is 2.98. The number of likely N-dealkylation sites (N-methyl/N-ethyl adjacent to an activating group) is 1. The number of likely N-dealkylation sites (tertiary alicyclic amines) is 1. The number of aliphatic imine (C=N–C) groups is 1. The third kappa shape index (κ3) is 3.85. The number of allylic oxidation sites excluding steroid dienone is 1. The summed E-state index contributed by atoms with van der Waals surface area (Å²) in [5.74, 6) is 4.18. The number of hydrogen-bond acceptors (Lipinski definition) is 4. The van der Waals surface area contributed by atoms with Crippen LogP contribution in [0.5, 0.6) is 0 Å². The van der Waals surface area contributed by atoms with E-state index in [1.165, 1.54) is 15.8 Å². The Morgan fingerprint density at radius 3 is 3.08 bits per heavy atom. The number of amidine groups is 1. The Morgan fingerprint density at radius 2 is 2.38 bits per heavy atom. The first-order chi connectivity index (χ1) is 11.6. The van der Waals surface area contributed by atoms with Crippen LogP contribution in [0, 0.1) is 0 Å². The molecule has 1 aromatic rings. The molecule has 3 rings (SSSR count). The van der Waals surface area contributed by atoms with Gasteiger partial charge in [0.1, 0.15) is 16.8 Å². The molecule has 2 heterocycles. The SMILES string of the molecule is C=S=C(N)C(C(N)=NC1CCCN(C)C1)c1nc2c(s1)CCC=C2. The molecule has 1 aromatic heterocycles. The lowest BCUT2D eigenvalue weighted by Crippen LogP contribution is -2.38. The van der Waals surface area contributed by atoms with Gasteiger partial charge in [-0.25, -0.2) is 4.98 Å². The molecule has 1 aliphatic heterocycles. The first kappa shape index (κ1) is 17.5. The molecule has 4 N–H and O–H groups in total. The van der Waals surface area contributed by atoms with Gasteiger partial charge >= 0.3 is 0 Å². The number of piperidine rings is 1. The minimum absolute atomic E-state index is 0.239. The summed E-state index contributed by atoms with van der Waals surface area (Å²) in [4.78, 5) is 13.8. The third-order valence-corrected chi connectivity index (χ3v) is 6.25. The summed E-state index contributed by atoms with van der Waals surface area (Å²) >= 11 is 1.70. The van der Waals surface area contributed by atoms with Gasteiger partial charge < -0.3 is 10.6 Å². The zero-order valence-electron chi connectivity index (χ0n) is 14.1. The van der Waals surface area contributed by atoms with E-state index in [-0.39, 0.29) is 12.0 Å². The highest BCUT2D eigenvalue weighted by atomic mass is 32.1. The second kappa shape index (κ2) is 7.74. The first-order valence-electron chi connectivity index (χ1n) is 8.30. The number of fused-ring (bicyclic) bond motifs is 1. The molecule has 7 heteroatoms. The summed E-state index contributed by atoms with van der Waals surface area (Å²) in [5.41, 5.74) is 13.7. The van der Waals surface area contributed by atoms with E-state index >= 15 is 0 Å². The van der Waals surface area contributed by atoms with Crippen molar-refractivity contribution in [2.75, 3.05) is 20.1 Å². The standard InChI is InChI=1S/C17H25N5S2/c1-22-9-5-6-11(10-22)20-15(18)14(16(19)23-2)17-21-12-7-3-4-8-13(12)24-17/h3,7,11,14H,2,4-6,8-10,19H2,1H3,(H2,18,20). The summed E-state index contributed by atoms with van der Waals surface area (Å²) in [6.07, 6.45) is 8.60. The molecule has 5 nitrogen and oxygen atoms in total. The Kier molecular flexibility index (Phi) is 5.65. The molecule has 1 aliphatic carbocycles. The number of thiazole rings is 1. The molecule has 2 atom stereocenters. The van der Waals surface area contributed by atoms with E-state index in [4.69, 9.17) is 21.4 Å². The molecular formula is C17H25N5S2. The Morgan fingerprint density at radius 1 is 1.54 bits per heavy atom. The molecule has 1 fully saturated rings. The molecule has 1 saturated heterocycles. The van der Waals surface area contributed by atoms with Crippen LogP contribution in [-0.4, -0.2) is 52.8 Å². The van der Waals surface area contributed by atoms with Crippen LogP contribution in [-0.2, 0) is 6.42 Å². The highest BCUT2D eigenvalue weighted by Gasteiger charge is 2.26. The van der Waals surface area contributed by atoms with E-state index in [2.05, 4.69) is 30.0 Å². The van der Waals surface area contributed by atoms with Gasteiger partial charge in [-0.3, -0.25) is 10.7 Å². The minimum atomic E-state index is -0.247. The van der Waals surface area contributed by atoms with E-state index in [0.29, 0.717) is 10.8 Å². The van der Waals surface area contributed by atoms with Crippen molar-refractivity contribution >= 4 is 45.0 Å². The molecule has 2 unspecified atom stereocenters. The molecule has 24 heavy (non-hydrogen) atoms. The molecule has 2 aliphatic rings. The third-order valence-electron chi connectivity index (χ3n) is 4.48. The lowest BCUT2D eigenvalue weighted by molar-refractivity contribution is 0.252. The molecular weight excluding hydrogens is 338 g/mol. The summed E-state index contributed by atoms with van der Waals surface area (Å²) in [7, 11) is 3.41. The molecule has 0 radical (unpaired) electrons. The average molecular weight is 364 g/mol. The topological polar surface area (TPSA) is 80.5 Å². The normalized spacial score (nSPS) is 22.9.